The highest BCUT2D eigenvalue weighted by atomic mass is 32.1. The van der Waals surface area contributed by atoms with Crippen LogP contribution >= 0.6 is 11.3 Å². The Hall–Kier alpha value is -2.62. The van der Waals surface area contributed by atoms with E-state index in [1.807, 2.05) is 40.7 Å². The van der Waals surface area contributed by atoms with Gasteiger partial charge in [0.25, 0.3) is 0 Å². The quantitative estimate of drug-likeness (QED) is 0.277. The van der Waals surface area contributed by atoms with Crippen LogP contribution in [-0.2, 0) is 24.5 Å². The molecule has 0 aromatic carbocycles. The molecule has 0 spiro atoms. The lowest BCUT2D eigenvalue weighted by molar-refractivity contribution is -0.154. The van der Waals surface area contributed by atoms with Crippen molar-refractivity contribution in [3.63, 3.8) is 0 Å². The van der Waals surface area contributed by atoms with Crippen LogP contribution in [-0.4, -0.2) is 53.8 Å². The summed E-state index contributed by atoms with van der Waals surface area (Å²) in [7, 11) is 0. The fraction of sp³-hybridized carbons (Fsp3) is 0.750. The molecule has 42 heavy (non-hydrogen) atoms. The van der Waals surface area contributed by atoms with E-state index in [1.54, 1.807) is 11.8 Å². The van der Waals surface area contributed by atoms with Crippen molar-refractivity contribution in [2.75, 3.05) is 11.5 Å². The first-order valence-electron chi connectivity index (χ1n) is 15.6. The molecule has 1 aromatic rings. The highest BCUT2D eigenvalue weighted by molar-refractivity contribution is 7.14. The van der Waals surface area contributed by atoms with Gasteiger partial charge in [0.15, 0.2) is 0 Å². The Kier molecular flexibility index (Phi) is 11.9. The molecule has 236 valence electrons. The van der Waals surface area contributed by atoms with E-state index in [2.05, 4.69) is 12.2 Å². The SMILES string of the molecule is CCOC(=O)N[C@@H](C(=O)O[C@H]1CC[C@H](N(c2cc(C(C)(C)C)sc2C(=O)O)C(=O)[C@H]2CC[C@H](C)CC2)CC1)[C@H](C)CC. The number of aromatic carboxylic acids is 1. The summed E-state index contributed by atoms with van der Waals surface area (Å²) in [5.74, 6) is -1.15. The number of carbonyl (C=O) groups excluding carboxylic acids is 3. The first-order valence-corrected chi connectivity index (χ1v) is 16.4. The Morgan fingerprint density at radius 3 is 2.19 bits per heavy atom. The van der Waals surface area contributed by atoms with E-state index in [-0.39, 0.29) is 46.8 Å². The molecule has 0 bridgehead atoms. The lowest BCUT2D eigenvalue weighted by atomic mass is 9.81. The van der Waals surface area contributed by atoms with Crippen LogP contribution < -0.4 is 10.2 Å². The molecular weight excluding hydrogens is 556 g/mol. The Labute approximate surface area is 254 Å². The smallest absolute Gasteiger partial charge is 0.407 e. The molecule has 3 rings (SSSR count). The van der Waals surface area contributed by atoms with Gasteiger partial charge in [0.2, 0.25) is 5.91 Å². The monoisotopic (exact) mass is 606 g/mol. The molecule has 2 aliphatic rings. The van der Waals surface area contributed by atoms with Gasteiger partial charge in [0.05, 0.1) is 12.3 Å². The zero-order valence-corrected chi connectivity index (χ0v) is 27.2. The van der Waals surface area contributed by atoms with Gasteiger partial charge in [0, 0.05) is 16.8 Å². The summed E-state index contributed by atoms with van der Waals surface area (Å²) < 4.78 is 10.9. The Bertz CT molecular complexity index is 1090. The van der Waals surface area contributed by atoms with Crippen molar-refractivity contribution in [2.45, 2.75) is 130 Å². The number of anilines is 1. The lowest BCUT2D eigenvalue weighted by Gasteiger charge is -2.39. The van der Waals surface area contributed by atoms with Crippen LogP contribution in [0.3, 0.4) is 0 Å². The van der Waals surface area contributed by atoms with Gasteiger partial charge in [-0.15, -0.1) is 11.3 Å². The van der Waals surface area contributed by atoms with Gasteiger partial charge < -0.3 is 24.8 Å². The second-order valence-corrected chi connectivity index (χ2v) is 14.2. The molecule has 2 aliphatic carbocycles. The molecule has 0 radical (unpaired) electrons. The molecular formula is C32H50N2O7S. The average Bonchev–Trinajstić information content (AvgIpc) is 3.39. The minimum absolute atomic E-state index is 0.0126. The van der Waals surface area contributed by atoms with Crippen LogP contribution in [0.15, 0.2) is 6.07 Å². The molecule has 2 fully saturated rings. The van der Waals surface area contributed by atoms with E-state index in [9.17, 15) is 24.3 Å². The van der Waals surface area contributed by atoms with E-state index in [4.69, 9.17) is 9.47 Å². The normalized spacial score (nSPS) is 24.3. The number of ether oxygens (including phenoxy) is 2. The van der Waals surface area contributed by atoms with Crippen LogP contribution in [0.4, 0.5) is 10.5 Å². The number of rotatable bonds is 10. The van der Waals surface area contributed by atoms with E-state index in [0.29, 0.717) is 43.7 Å². The summed E-state index contributed by atoms with van der Waals surface area (Å²) in [6.07, 6.45) is 5.58. The fourth-order valence-corrected chi connectivity index (χ4v) is 6.96. The third-order valence-corrected chi connectivity index (χ3v) is 10.4. The Morgan fingerprint density at radius 2 is 1.67 bits per heavy atom. The van der Waals surface area contributed by atoms with Gasteiger partial charge in [-0.25, -0.2) is 14.4 Å². The third kappa shape index (κ3) is 8.48. The molecule has 0 unspecified atom stereocenters. The summed E-state index contributed by atoms with van der Waals surface area (Å²) in [6, 6.07) is 0.912. The number of alkyl carbamates (subject to hydrolysis) is 1. The van der Waals surface area contributed by atoms with E-state index in [0.717, 1.165) is 30.6 Å². The Morgan fingerprint density at radius 1 is 1.05 bits per heavy atom. The number of nitrogens with one attached hydrogen (secondary N) is 1. The van der Waals surface area contributed by atoms with Crippen molar-refractivity contribution in [1.29, 1.82) is 0 Å². The molecule has 2 N–H and O–H groups in total. The standard InChI is InChI=1S/C32H50N2O7S/c1-8-20(4)26(33-31(39)40-9-2)30(38)41-23-16-14-22(15-17-23)34(28(35)21-12-10-19(3)11-13-21)24-18-25(32(5,6)7)42-27(24)29(36)37/h18-23,26H,8-17H2,1-7H3,(H,33,39)(H,36,37)/t19-,20-,21-,22-,23-,26-/m1/s1. The van der Waals surface area contributed by atoms with Gasteiger partial charge >= 0.3 is 18.0 Å². The summed E-state index contributed by atoms with van der Waals surface area (Å²) in [5.41, 5.74) is 0.245. The zero-order chi connectivity index (χ0) is 31.2. The highest BCUT2D eigenvalue weighted by Gasteiger charge is 2.39. The predicted molar refractivity (Wildman–Crippen MR) is 164 cm³/mol. The maximum atomic E-state index is 14.2. The molecule has 9 nitrogen and oxygen atoms in total. The number of hydrogen-bond donors (Lipinski definition) is 2. The molecule has 1 heterocycles. The van der Waals surface area contributed by atoms with Crippen LogP contribution in [0.5, 0.6) is 0 Å². The van der Waals surface area contributed by atoms with Crippen molar-refractivity contribution in [3.05, 3.63) is 15.8 Å². The maximum absolute atomic E-state index is 14.2. The van der Waals surface area contributed by atoms with Gasteiger partial charge in [-0.3, -0.25) is 4.79 Å². The Balaban J connectivity index is 1.81. The number of carboxylic acid groups (broad SMARTS) is 1. The van der Waals surface area contributed by atoms with Crippen LogP contribution in [0.25, 0.3) is 0 Å². The van der Waals surface area contributed by atoms with Gasteiger partial charge in [0.1, 0.15) is 17.0 Å². The highest BCUT2D eigenvalue weighted by Crippen LogP contribution is 2.42. The number of nitrogens with zero attached hydrogens (tertiary/aromatic N) is 1. The maximum Gasteiger partial charge on any atom is 0.407 e. The fourth-order valence-electron chi connectivity index (χ4n) is 5.91. The second kappa shape index (κ2) is 14.7. The summed E-state index contributed by atoms with van der Waals surface area (Å²) in [5, 5.41) is 12.8. The lowest BCUT2D eigenvalue weighted by Crippen LogP contribution is -2.49. The first-order chi connectivity index (χ1) is 19.8. The number of hydrogen-bond acceptors (Lipinski definition) is 7. The second-order valence-electron chi connectivity index (χ2n) is 13.1. The summed E-state index contributed by atoms with van der Waals surface area (Å²) in [6.45, 7) is 14.1. The number of esters is 1. The predicted octanol–water partition coefficient (Wildman–Crippen LogP) is 6.92. The van der Waals surface area contributed by atoms with Gasteiger partial charge in [-0.05, 0) is 81.6 Å². The van der Waals surface area contributed by atoms with E-state index >= 15 is 0 Å². The molecule has 0 saturated heterocycles. The van der Waals surface area contributed by atoms with Gasteiger partial charge in [-0.1, -0.05) is 48.0 Å². The average molecular weight is 607 g/mol. The number of carboxylic acids is 1. The topological polar surface area (TPSA) is 122 Å². The van der Waals surface area contributed by atoms with Gasteiger partial charge in [-0.2, -0.15) is 0 Å². The van der Waals surface area contributed by atoms with Crippen molar-refractivity contribution >= 4 is 41.0 Å². The van der Waals surface area contributed by atoms with Crippen molar-refractivity contribution in [3.8, 4) is 0 Å². The summed E-state index contributed by atoms with van der Waals surface area (Å²) >= 11 is 1.25. The van der Waals surface area contributed by atoms with E-state index < -0.39 is 24.1 Å². The van der Waals surface area contributed by atoms with Crippen LogP contribution in [0.1, 0.15) is 121 Å². The number of thiophene rings is 1. The third-order valence-electron chi connectivity index (χ3n) is 8.82. The first kappa shape index (κ1) is 33.9. The largest absolute Gasteiger partial charge is 0.477 e. The molecule has 2 atom stereocenters. The van der Waals surface area contributed by atoms with Crippen LogP contribution in [0.2, 0.25) is 0 Å². The molecule has 10 heteroatoms. The number of carbonyl (C=O) groups is 4. The van der Waals surface area contributed by atoms with Crippen molar-refractivity contribution in [2.24, 2.45) is 17.8 Å². The zero-order valence-electron chi connectivity index (χ0n) is 26.4. The molecule has 2 amide bonds. The molecule has 1 aromatic heterocycles. The van der Waals surface area contributed by atoms with Crippen LogP contribution in [0, 0.1) is 17.8 Å². The van der Waals surface area contributed by atoms with Crippen molar-refractivity contribution in [1.82, 2.24) is 5.32 Å². The van der Waals surface area contributed by atoms with E-state index in [1.165, 1.54) is 11.3 Å². The minimum atomic E-state index is -1.02. The minimum Gasteiger partial charge on any atom is -0.477 e. The molecule has 2 saturated carbocycles. The molecule has 0 aliphatic heterocycles. The number of amides is 2. The summed E-state index contributed by atoms with van der Waals surface area (Å²) in [4.78, 5) is 54.7. The van der Waals surface area contributed by atoms with Crippen molar-refractivity contribution < 1.29 is 33.8 Å².